The summed E-state index contributed by atoms with van der Waals surface area (Å²) in [7, 11) is 0. The van der Waals surface area contributed by atoms with Gasteiger partial charge in [-0.2, -0.15) is 0 Å². The lowest BCUT2D eigenvalue weighted by atomic mass is 9.95. The van der Waals surface area contributed by atoms with Crippen LogP contribution in [0, 0.1) is 5.92 Å². The van der Waals surface area contributed by atoms with Crippen molar-refractivity contribution >= 4 is 5.91 Å². The molecule has 2 saturated heterocycles. The number of hydrogen-bond acceptors (Lipinski definition) is 3. The van der Waals surface area contributed by atoms with E-state index in [4.69, 9.17) is 9.94 Å². The van der Waals surface area contributed by atoms with E-state index in [1.54, 1.807) is 5.48 Å². The van der Waals surface area contributed by atoms with Gasteiger partial charge < -0.3 is 4.74 Å². The Bertz CT molecular complexity index is 183. The van der Waals surface area contributed by atoms with Crippen LogP contribution in [0.1, 0.15) is 25.7 Å². The maximum atomic E-state index is 11.1. The molecule has 0 aliphatic carbocycles. The third-order valence-corrected chi connectivity index (χ3v) is 2.77. The van der Waals surface area contributed by atoms with Crippen molar-refractivity contribution in [3.05, 3.63) is 0 Å². The minimum absolute atomic E-state index is 0.0405. The van der Waals surface area contributed by atoms with Gasteiger partial charge in [-0.05, 0) is 25.7 Å². The van der Waals surface area contributed by atoms with E-state index >= 15 is 0 Å². The monoisotopic (exact) mass is 171 g/mol. The zero-order valence-electron chi connectivity index (χ0n) is 6.82. The highest BCUT2D eigenvalue weighted by molar-refractivity contribution is 5.77. The summed E-state index contributed by atoms with van der Waals surface area (Å²) in [4.78, 5) is 11.1. The van der Waals surface area contributed by atoms with Crippen LogP contribution in [-0.2, 0) is 9.53 Å². The van der Waals surface area contributed by atoms with Crippen LogP contribution in [0.2, 0.25) is 0 Å². The van der Waals surface area contributed by atoms with E-state index in [2.05, 4.69) is 0 Å². The molecule has 0 aromatic carbocycles. The largest absolute Gasteiger partial charge is 0.375 e. The normalized spacial score (nSPS) is 39.6. The fourth-order valence-corrected chi connectivity index (χ4v) is 2.16. The Kier molecular flexibility index (Phi) is 2.02. The molecule has 4 nitrogen and oxygen atoms in total. The van der Waals surface area contributed by atoms with E-state index in [9.17, 15) is 4.79 Å². The van der Waals surface area contributed by atoms with Crippen molar-refractivity contribution in [1.82, 2.24) is 5.48 Å². The molecule has 2 N–H and O–H groups in total. The molecule has 0 saturated carbocycles. The summed E-state index contributed by atoms with van der Waals surface area (Å²) in [6.07, 6.45) is 4.18. The maximum absolute atomic E-state index is 11.1. The van der Waals surface area contributed by atoms with Gasteiger partial charge in [0.1, 0.15) is 0 Å². The molecule has 2 aliphatic heterocycles. The molecule has 0 spiro atoms. The molecule has 2 aliphatic rings. The smallest absolute Gasteiger partial charge is 0.246 e. The van der Waals surface area contributed by atoms with Crippen molar-refractivity contribution in [2.45, 2.75) is 37.9 Å². The molecule has 0 aromatic heterocycles. The Labute approximate surface area is 70.9 Å². The molecule has 2 fully saturated rings. The Morgan fingerprint density at radius 1 is 1.33 bits per heavy atom. The number of nitrogens with one attached hydrogen (secondary N) is 1. The second-order valence-electron chi connectivity index (χ2n) is 3.60. The number of carbonyl (C=O) groups is 1. The molecule has 12 heavy (non-hydrogen) atoms. The third kappa shape index (κ3) is 1.32. The first-order valence-corrected chi connectivity index (χ1v) is 4.39. The van der Waals surface area contributed by atoms with Crippen LogP contribution in [0.25, 0.3) is 0 Å². The first kappa shape index (κ1) is 8.01. The molecule has 68 valence electrons. The molecule has 0 radical (unpaired) electrons. The Morgan fingerprint density at radius 3 is 2.42 bits per heavy atom. The van der Waals surface area contributed by atoms with Gasteiger partial charge in [-0.15, -0.1) is 0 Å². The van der Waals surface area contributed by atoms with Crippen LogP contribution in [0.3, 0.4) is 0 Å². The number of fused-ring (bicyclic) bond motifs is 2. The van der Waals surface area contributed by atoms with Crippen LogP contribution in [-0.4, -0.2) is 23.3 Å². The Balaban J connectivity index is 1.98. The van der Waals surface area contributed by atoms with E-state index < -0.39 is 0 Å². The lowest BCUT2D eigenvalue weighted by Crippen LogP contribution is -2.35. The summed E-state index contributed by atoms with van der Waals surface area (Å²) in [6, 6.07) is 0. The van der Waals surface area contributed by atoms with Crippen molar-refractivity contribution < 1.29 is 14.7 Å². The maximum Gasteiger partial charge on any atom is 0.246 e. The second-order valence-corrected chi connectivity index (χ2v) is 3.60. The number of hydrogen-bond donors (Lipinski definition) is 2. The van der Waals surface area contributed by atoms with E-state index in [1.807, 2.05) is 0 Å². The van der Waals surface area contributed by atoms with Crippen LogP contribution in [0.5, 0.6) is 0 Å². The predicted octanol–water partition coefficient (Wildman–Crippen LogP) is 0.449. The topological polar surface area (TPSA) is 58.6 Å². The zero-order chi connectivity index (χ0) is 8.55. The molecule has 0 aromatic rings. The summed E-state index contributed by atoms with van der Waals surface area (Å²) >= 11 is 0. The number of hydroxylamine groups is 1. The van der Waals surface area contributed by atoms with Gasteiger partial charge in [0.05, 0.1) is 12.2 Å². The summed E-state index contributed by atoms with van der Waals surface area (Å²) in [6.45, 7) is 0. The van der Waals surface area contributed by atoms with Crippen molar-refractivity contribution in [3.63, 3.8) is 0 Å². The molecule has 4 heteroatoms. The summed E-state index contributed by atoms with van der Waals surface area (Å²) in [5.41, 5.74) is 1.71. The lowest BCUT2D eigenvalue weighted by molar-refractivity contribution is -0.139. The number of carbonyl (C=O) groups excluding carboxylic acids is 1. The van der Waals surface area contributed by atoms with Gasteiger partial charge in [-0.25, -0.2) is 5.48 Å². The molecule has 2 bridgehead atoms. The fourth-order valence-electron chi connectivity index (χ4n) is 2.16. The van der Waals surface area contributed by atoms with Crippen molar-refractivity contribution in [3.8, 4) is 0 Å². The highest BCUT2D eigenvalue weighted by Crippen LogP contribution is 2.35. The van der Waals surface area contributed by atoms with Crippen LogP contribution < -0.4 is 5.48 Å². The second kappa shape index (κ2) is 3.03. The van der Waals surface area contributed by atoms with Gasteiger partial charge in [-0.3, -0.25) is 10.0 Å². The quantitative estimate of drug-likeness (QED) is 0.445. The van der Waals surface area contributed by atoms with E-state index in [0.717, 1.165) is 25.7 Å². The summed E-state index contributed by atoms with van der Waals surface area (Å²) in [5.74, 6) is -0.295. The van der Waals surface area contributed by atoms with Gasteiger partial charge in [-0.1, -0.05) is 0 Å². The fraction of sp³-hybridized carbons (Fsp3) is 0.875. The number of ether oxygens (including phenoxy) is 1. The van der Waals surface area contributed by atoms with Crippen LogP contribution in [0.4, 0.5) is 0 Å². The van der Waals surface area contributed by atoms with Crippen molar-refractivity contribution in [1.29, 1.82) is 0 Å². The zero-order valence-corrected chi connectivity index (χ0v) is 6.82. The van der Waals surface area contributed by atoms with Gasteiger partial charge in [0.2, 0.25) is 5.91 Å². The molecule has 2 heterocycles. The minimum Gasteiger partial charge on any atom is -0.375 e. The molecule has 1 amide bonds. The van der Waals surface area contributed by atoms with Gasteiger partial charge in [0.25, 0.3) is 0 Å². The summed E-state index contributed by atoms with van der Waals surface area (Å²) < 4.78 is 5.56. The van der Waals surface area contributed by atoms with Crippen LogP contribution >= 0.6 is 0 Å². The minimum atomic E-state index is -0.254. The first-order valence-electron chi connectivity index (χ1n) is 4.39. The number of rotatable bonds is 1. The predicted molar refractivity (Wildman–Crippen MR) is 40.5 cm³/mol. The molecule has 2 rings (SSSR count). The van der Waals surface area contributed by atoms with E-state index in [1.165, 1.54) is 0 Å². The van der Waals surface area contributed by atoms with Gasteiger partial charge in [0.15, 0.2) is 0 Å². The van der Waals surface area contributed by atoms with Gasteiger partial charge >= 0.3 is 0 Å². The van der Waals surface area contributed by atoms with Gasteiger partial charge in [0, 0.05) is 5.92 Å². The lowest BCUT2D eigenvalue weighted by Gasteiger charge is -2.26. The Morgan fingerprint density at radius 2 is 1.92 bits per heavy atom. The Hall–Kier alpha value is -0.610. The van der Waals surface area contributed by atoms with E-state index in [-0.39, 0.29) is 24.0 Å². The van der Waals surface area contributed by atoms with Crippen LogP contribution in [0.15, 0.2) is 0 Å². The highest BCUT2D eigenvalue weighted by Gasteiger charge is 2.37. The van der Waals surface area contributed by atoms with E-state index in [0.29, 0.717) is 0 Å². The molecule has 2 unspecified atom stereocenters. The third-order valence-electron chi connectivity index (χ3n) is 2.77. The molecular formula is C8H13NO3. The van der Waals surface area contributed by atoms with Crippen molar-refractivity contribution in [2.24, 2.45) is 5.92 Å². The molecular weight excluding hydrogens is 158 g/mol. The first-order chi connectivity index (χ1) is 5.79. The highest BCUT2D eigenvalue weighted by atomic mass is 16.5. The average Bonchev–Trinajstić information content (AvgIpc) is 2.44. The SMILES string of the molecule is O=C(NO)C1CC2CCC(C1)O2. The standard InChI is InChI=1S/C8H13NO3/c10-8(9-11)5-3-6-1-2-7(4-5)12-6/h5-7,11H,1-4H2,(H,9,10). The summed E-state index contributed by atoms with van der Waals surface area (Å²) in [5, 5.41) is 8.44. The average molecular weight is 171 g/mol. The van der Waals surface area contributed by atoms with Crippen molar-refractivity contribution in [2.75, 3.05) is 0 Å². The molecule has 2 atom stereocenters. The number of amides is 1.